The molecule has 2 aromatic heterocycles. The Morgan fingerprint density at radius 2 is 1.92 bits per heavy atom. The number of halogens is 1. The lowest BCUT2D eigenvalue weighted by atomic mass is 10.1. The third-order valence-corrected chi connectivity index (χ3v) is 4.00. The number of hydrogen-bond acceptors (Lipinski definition) is 5. The highest BCUT2D eigenvalue weighted by molar-refractivity contribution is 6.30. The van der Waals surface area contributed by atoms with Gasteiger partial charge in [0.15, 0.2) is 11.6 Å². The van der Waals surface area contributed by atoms with Crippen LogP contribution in [0.25, 0.3) is 0 Å². The lowest BCUT2D eigenvalue weighted by molar-refractivity contribution is 0.136. The smallest absolute Gasteiger partial charge is 0.172 e. The monoisotopic (exact) mass is 360 g/mol. The van der Waals surface area contributed by atoms with Crippen LogP contribution in [0.3, 0.4) is 0 Å². The summed E-state index contributed by atoms with van der Waals surface area (Å²) in [5.41, 5.74) is 1.04. The van der Waals surface area contributed by atoms with Crippen LogP contribution in [-0.2, 0) is 13.1 Å². The first-order valence-corrected chi connectivity index (χ1v) is 8.57. The number of nitrogens with zero attached hydrogens (tertiary/aromatic N) is 6. The summed E-state index contributed by atoms with van der Waals surface area (Å²) in [6, 6.07) is 7.57. The fourth-order valence-electron chi connectivity index (χ4n) is 2.61. The van der Waals surface area contributed by atoms with Gasteiger partial charge in [-0.3, -0.25) is 0 Å². The molecule has 132 valence electrons. The molecule has 1 N–H and O–H groups in total. The summed E-state index contributed by atoms with van der Waals surface area (Å²) in [6.45, 7) is 5.07. The standard InChI is InChI=1S/C17H21ClN6O/c1-12(2)7-15(25)17-21-16(9-23-11-19-10-20-23)22-24(17)8-13-3-5-14(18)6-4-13/h3-6,10-12,15,25H,7-9H2,1-2H3/t15-/m0/s1. The molecule has 0 fully saturated rings. The van der Waals surface area contributed by atoms with Crippen LogP contribution in [0.15, 0.2) is 36.9 Å². The minimum atomic E-state index is -0.663. The van der Waals surface area contributed by atoms with Crippen molar-refractivity contribution < 1.29 is 5.11 Å². The number of aliphatic hydroxyl groups excluding tert-OH is 1. The number of aromatic nitrogens is 6. The van der Waals surface area contributed by atoms with Gasteiger partial charge in [-0.25, -0.2) is 19.3 Å². The normalized spacial score (nSPS) is 12.7. The second-order valence-corrected chi connectivity index (χ2v) is 6.85. The van der Waals surface area contributed by atoms with Crippen molar-refractivity contribution in [3.05, 3.63) is 59.2 Å². The lowest BCUT2D eigenvalue weighted by Crippen LogP contribution is -2.13. The molecule has 0 spiro atoms. The van der Waals surface area contributed by atoms with Gasteiger partial charge < -0.3 is 5.11 Å². The van der Waals surface area contributed by atoms with Crippen molar-refractivity contribution in [1.82, 2.24) is 29.5 Å². The molecule has 0 aliphatic heterocycles. The van der Waals surface area contributed by atoms with E-state index in [1.54, 1.807) is 15.7 Å². The molecule has 0 aliphatic rings. The summed E-state index contributed by atoms with van der Waals surface area (Å²) in [4.78, 5) is 8.46. The zero-order chi connectivity index (χ0) is 17.8. The van der Waals surface area contributed by atoms with Crippen LogP contribution in [0, 0.1) is 5.92 Å². The maximum absolute atomic E-state index is 10.6. The second kappa shape index (κ2) is 7.76. The fraction of sp³-hybridized carbons (Fsp3) is 0.412. The quantitative estimate of drug-likeness (QED) is 0.700. The van der Waals surface area contributed by atoms with Crippen molar-refractivity contribution in [2.75, 3.05) is 0 Å². The van der Waals surface area contributed by atoms with Gasteiger partial charge in [0, 0.05) is 5.02 Å². The molecule has 8 heteroatoms. The van der Waals surface area contributed by atoms with Gasteiger partial charge >= 0.3 is 0 Å². The highest BCUT2D eigenvalue weighted by Crippen LogP contribution is 2.21. The van der Waals surface area contributed by atoms with Crippen LogP contribution < -0.4 is 0 Å². The molecular weight excluding hydrogens is 340 g/mol. The highest BCUT2D eigenvalue weighted by Gasteiger charge is 2.19. The van der Waals surface area contributed by atoms with Gasteiger partial charge in [0.05, 0.1) is 6.54 Å². The maximum atomic E-state index is 10.6. The maximum Gasteiger partial charge on any atom is 0.172 e. The van der Waals surface area contributed by atoms with Gasteiger partial charge in [0.2, 0.25) is 0 Å². The third-order valence-electron chi connectivity index (χ3n) is 3.75. The summed E-state index contributed by atoms with van der Waals surface area (Å²) in [5.74, 6) is 1.52. The SMILES string of the molecule is CC(C)C[C@H](O)c1nc(Cn2cncn2)nn1Cc1ccc(Cl)cc1. The van der Waals surface area contributed by atoms with Crippen molar-refractivity contribution in [3.63, 3.8) is 0 Å². The highest BCUT2D eigenvalue weighted by atomic mass is 35.5. The minimum Gasteiger partial charge on any atom is -0.385 e. The zero-order valence-corrected chi connectivity index (χ0v) is 15.0. The molecule has 0 amide bonds. The molecule has 1 aromatic carbocycles. The Morgan fingerprint density at radius 1 is 1.16 bits per heavy atom. The fourth-order valence-corrected chi connectivity index (χ4v) is 2.73. The molecule has 0 saturated heterocycles. The van der Waals surface area contributed by atoms with Crippen molar-refractivity contribution in [1.29, 1.82) is 0 Å². The van der Waals surface area contributed by atoms with Gasteiger partial charge in [0.25, 0.3) is 0 Å². The molecule has 0 bridgehead atoms. The third kappa shape index (κ3) is 4.64. The van der Waals surface area contributed by atoms with Crippen molar-refractivity contribution in [3.8, 4) is 0 Å². The molecule has 0 aliphatic carbocycles. The zero-order valence-electron chi connectivity index (χ0n) is 14.2. The molecule has 3 rings (SSSR count). The Bertz CT molecular complexity index is 797. The largest absolute Gasteiger partial charge is 0.385 e. The number of hydrogen-bond donors (Lipinski definition) is 1. The van der Waals surface area contributed by atoms with E-state index in [0.717, 1.165) is 5.56 Å². The molecule has 2 heterocycles. The van der Waals surface area contributed by atoms with E-state index in [-0.39, 0.29) is 0 Å². The predicted molar refractivity (Wildman–Crippen MR) is 94.1 cm³/mol. The molecule has 0 unspecified atom stereocenters. The molecule has 25 heavy (non-hydrogen) atoms. The minimum absolute atomic E-state index is 0.356. The van der Waals surface area contributed by atoms with E-state index in [1.807, 2.05) is 24.3 Å². The summed E-state index contributed by atoms with van der Waals surface area (Å²) in [5, 5.41) is 19.9. The molecule has 3 aromatic rings. The van der Waals surface area contributed by atoms with Crippen molar-refractivity contribution in [2.45, 2.75) is 39.5 Å². The Kier molecular flexibility index (Phi) is 5.45. The van der Waals surface area contributed by atoms with E-state index >= 15 is 0 Å². The van der Waals surface area contributed by atoms with E-state index in [0.29, 0.717) is 42.1 Å². The van der Waals surface area contributed by atoms with Crippen LogP contribution in [0.5, 0.6) is 0 Å². The van der Waals surface area contributed by atoms with E-state index in [1.165, 1.54) is 6.33 Å². The Hall–Kier alpha value is -2.25. The van der Waals surface area contributed by atoms with Gasteiger partial charge in [-0.05, 0) is 30.0 Å². The Labute approximate surface area is 151 Å². The molecule has 0 saturated carbocycles. The molecule has 7 nitrogen and oxygen atoms in total. The predicted octanol–water partition coefficient (Wildman–Crippen LogP) is 2.70. The van der Waals surface area contributed by atoms with Gasteiger partial charge in [0.1, 0.15) is 25.3 Å². The average molecular weight is 361 g/mol. The summed E-state index contributed by atoms with van der Waals surface area (Å²) >= 11 is 5.95. The van der Waals surface area contributed by atoms with Crippen molar-refractivity contribution in [2.24, 2.45) is 5.92 Å². The first-order valence-electron chi connectivity index (χ1n) is 8.20. The van der Waals surface area contributed by atoms with Crippen LogP contribution >= 0.6 is 11.6 Å². The van der Waals surface area contributed by atoms with Crippen LogP contribution in [-0.4, -0.2) is 34.6 Å². The lowest BCUT2D eigenvalue weighted by Gasteiger charge is -2.13. The Morgan fingerprint density at radius 3 is 2.56 bits per heavy atom. The Balaban J connectivity index is 1.87. The number of rotatable bonds is 7. The average Bonchev–Trinajstić information content (AvgIpc) is 3.19. The van der Waals surface area contributed by atoms with Crippen LogP contribution in [0.2, 0.25) is 5.02 Å². The van der Waals surface area contributed by atoms with Crippen molar-refractivity contribution >= 4 is 11.6 Å². The summed E-state index contributed by atoms with van der Waals surface area (Å²) < 4.78 is 3.41. The van der Waals surface area contributed by atoms with E-state index in [4.69, 9.17) is 11.6 Å². The van der Waals surface area contributed by atoms with E-state index < -0.39 is 6.10 Å². The topological polar surface area (TPSA) is 81.7 Å². The summed E-state index contributed by atoms with van der Waals surface area (Å²) in [7, 11) is 0. The van der Waals surface area contributed by atoms with Gasteiger partial charge in [-0.2, -0.15) is 10.2 Å². The van der Waals surface area contributed by atoms with Crippen LogP contribution in [0.4, 0.5) is 0 Å². The second-order valence-electron chi connectivity index (χ2n) is 6.41. The molecule has 0 radical (unpaired) electrons. The molecule has 1 atom stereocenters. The first-order chi connectivity index (χ1) is 12.0. The molecular formula is C17H21ClN6O. The van der Waals surface area contributed by atoms with Crippen LogP contribution in [0.1, 0.15) is 43.6 Å². The van der Waals surface area contributed by atoms with E-state index in [2.05, 4.69) is 34.0 Å². The van der Waals surface area contributed by atoms with Gasteiger partial charge in [-0.1, -0.05) is 37.6 Å². The van der Waals surface area contributed by atoms with E-state index in [9.17, 15) is 5.11 Å². The number of aliphatic hydroxyl groups is 1. The first kappa shape index (κ1) is 17.6. The number of benzene rings is 1. The summed E-state index contributed by atoms with van der Waals surface area (Å²) in [6.07, 6.45) is 3.05. The van der Waals surface area contributed by atoms with Gasteiger partial charge in [-0.15, -0.1) is 0 Å².